The Bertz CT molecular complexity index is 675. The van der Waals surface area contributed by atoms with Crippen molar-refractivity contribution in [3.05, 3.63) is 64.7 Å². The van der Waals surface area contributed by atoms with Crippen LogP contribution in [0.1, 0.15) is 17.2 Å². The second-order valence-corrected chi connectivity index (χ2v) is 5.49. The SMILES string of the molecule is O=C(Nc1cccc(Cl)c1)NC1c2ccccc2CC1O. The summed E-state index contributed by atoms with van der Waals surface area (Å²) in [6.07, 6.45) is -0.0503. The Morgan fingerprint density at radius 3 is 2.81 bits per heavy atom. The van der Waals surface area contributed by atoms with E-state index >= 15 is 0 Å². The number of halogens is 1. The fourth-order valence-corrected chi connectivity index (χ4v) is 2.81. The molecule has 0 saturated heterocycles. The summed E-state index contributed by atoms with van der Waals surface area (Å²) in [7, 11) is 0. The second-order valence-electron chi connectivity index (χ2n) is 5.06. The van der Waals surface area contributed by atoms with Crippen LogP contribution in [-0.2, 0) is 6.42 Å². The van der Waals surface area contributed by atoms with E-state index in [1.165, 1.54) is 0 Å². The lowest BCUT2D eigenvalue weighted by Gasteiger charge is -2.18. The number of amides is 2. The Morgan fingerprint density at radius 1 is 1.19 bits per heavy atom. The topological polar surface area (TPSA) is 61.4 Å². The molecule has 5 heteroatoms. The average molecular weight is 303 g/mol. The summed E-state index contributed by atoms with van der Waals surface area (Å²) in [6, 6.07) is 13.9. The van der Waals surface area contributed by atoms with Gasteiger partial charge < -0.3 is 15.7 Å². The first-order chi connectivity index (χ1) is 10.1. The summed E-state index contributed by atoms with van der Waals surface area (Å²) >= 11 is 5.88. The monoisotopic (exact) mass is 302 g/mol. The molecule has 21 heavy (non-hydrogen) atoms. The van der Waals surface area contributed by atoms with Crippen molar-refractivity contribution in [3.63, 3.8) is 0 Å². The van der Waals surface area contributed by atoms with Crippen molar-refractivity contribution < 1.29 is 9.90 Å². The summed E-state index contributed by atoms with van der Waals surface area (Å²) in [4.78, 5) is 12.1. The Labute approximate surface area is 127 Å². The lowest BCUT2D eigenvalue weighted by molar-refractivity contribution is 0.144. The maximum Gasteiger partial charge on any atom is 0.319 e. The number of anilines is 1. The predicted octanol–water partition coefficient (Wildman–Crippen LogP) is 3.12. The number of hydrogen-bond acceptors (Lipinski definition) is 2. The molecule has 2 unspecified atom stereocenters. The van der Waals surface area contributed by atoms with E-state index in [-0.39, 0.29) is 12.1 Å². The lowest BCUT2D eigenvalue weighted by Crippen LogP contribution is -2.36. The largest absolute Gasteiger partial charge is 0.390 e. The molecule has 1 aliphatic carbocycles. The van der Waals surface area contributed by atoms with Crippen LogP contribution in [0.2, 0.25) is 5.02 Å². The van der Waals surface area contributed by atoms with Crippen molar-refractivity contribution in [1.82, 2.24) is 5.32 Å². The minimum Gasteiger partial charge on any atom is -0.390 e. The molecule has 1 aliphatic rings. The van der Waals surface area contributed by atoms with Crippen molar-refractivity contribution >= 4 is 23.3 Å². The van der Waals surface area contributed by atoms with Gasteiger partial charge in [-0.15, -0.1) is 0 Å². The van der Waals surface area contributed by atoms with Crippen molar-refractivity contribution in [1.29, 1.82) is 0 Å². The second kappa shape index (κ2) is 5.76. The molecule has 0 aliphatic heterocycles. The summed E-state index contributed by atoms with van der Waals surface area (Å²) in [5.41, 5.74) is 2.64. The number of aliphatic hydroxyl groups excluding tert-OH is 1. The van der Waals surface area contributed by atoms with Gasteiger partial charge in [-0.25, -0.2) is 4.79 Å². The summed E-state index contributed by atoms with van der Waals surface area (Å²) in [6.45, 7) is 0. The molecule has 0 fully saturated rings. The zero-order chi connectivity index (χ0) is 14.8. The van der Waals surface area contributed by atoms with Gasteiger partial charge in [0.25, 0.3) is 0 Å². The number of rotatable bonds is 2. The molecule has 4 nitrogen and oxygen atoms in total. The standard InChI is InChI=1S/C16H15ClN2O2/c17-11-5-3-6-12(9-11)18-16(21)19-15-13-7-2-1-4-10(13)8-14(15)20/h1-7,9,14-15,20H,8H2,(H2,18,19,21). The zero-order valence-electron chi connectivity index (χ0n) is 11.2. The number of urea groups is 1. The number of benzene rings is 2. The van der Waals surface area contributed by atoms with E-state index in [2.05, 4.69) is 10.6 Å². The average Bonchev–Trinajstić information content (AvgIpc) is 2.75. The van der Waals surface area contributed by atoms with Crippen LogP contribution >= 0.6 is 11.6 Å². The van der Waals surface area contributed by atoms with Crippen molar-refractivity contribution in [2.24, 2.45) is 0 Å². The van der Waals surface area contributed by atoms with Crippen LogP contribution in [0.15, 0.2) is 48.5 Å². The molecule has 0 bridgehead atoms. The Kier molecular flexibility index (Phi) is 3.82. The molecular weight excluding hydrogens is 288 g/mol. The predicted molar refractivity (Wildman–Crippen MR) is 82.5 cm³/mol. The first-order valence-electron chi connectivity index (χ1n) is 6.72. The molecule has 2 atom stereocenters. The lowest BCUT2D eigenvalue weighted by atomic mass is 10.1. The fraction of sp³-hybridized carbons (Fsp3) is 0.188. The van der Waals surface area contributed by atoms with E-state index in [0.29, 0.717) is 17.1 Å². The molecule has 2 aromatic rings. The minimum atomic E-state index is -0.604. The number of hydrogen-bond donors (Lipinski definition) is 3. The third-order valence-electron chi connectivity index (χ3n) is 3.57. The molecule has 0 aromatic heterocycles. The highest BCUT2D eigenvalue weighted by atomic mass is 35.5. The normalized spacial score (nSPS) is 19.9. The zero-order valence-corrected chi connectivity index (χ0v) is 12.0. The molecule has 3 N–H and O–H groups in total. The van der Waals surface area contributed by atoms with Gasteiger partial charge in [-0.1, -0.05) is 41.9 Å². The van der Waals surface area contributed by atoms with Crippen LogP contribution in [0.5, 0.6) is 0 Å². The highest BCUT2D eigenvalue weighted by Gasteiger charge is 2.31. The van der Waals surface area contributed by atoms with Gasteiger partial charge in [0.1, 0.15) is 0 Å². The first kappa shape index (κ1) is 13.9. The smallest absolute Gasteiger partial charge is 0.319 e. The van der Waals surface area contributed by atoms with Crippen LogP contribution in [-0.4, -0.2) is 17.2 Å². The van der Waals surface area contributed by atoms with E-state index in [1.807, 2.05) is 24.3 Å². The van der Waals surface area contributed by atoms with Gasteiger partial charge >= 0.3 is 6.03 Å². The van der Waals surface area contributed by atoms with Crippen LogP contribution in [0, 0.1) is 0 Å². The first-order valence-corrected chi connectivity index (χ1v) is 7.10. The van der Waals surface area contributed by atoms with E-state index < -0.39 is 6.10 Å². The van der Waals surface area contributed by atoms with Gasteiger partial charge in [-0.3, -0.25) is 0 Å². The molecule has 0 saturated carbocycles. The Hall–Kier alpha value is -2.04. The molecule has 0 radical (unpaired) electrons. The van der Waals surface area contributed by atoms with Gasteiger partial charge in [-0.2, -0.15) is 0 Å². The van der Waals surface area contributed by atoms with Gasteiger partial charge in [-0.05, 0) is 29.3 Å². The maximum atomic E-state index is 12.1. The van der Waals surface area contributed by atoms with Gasteiger partial charge in [0, 0.05) is 17.1 Å². The molecule has 2 amide bonds. The summed E-state index contributed by atoms with van der Waals surface area (Å²) in [5.74, 6) is 0. The van der Waals surface area contributed by atoms with Crippen molar-refractivity contribution in [3.8, 4) is 0 Å². The van der Waals surface area contributed by atoms with Crippen molar-refractivity contribution in [2.45, 2.75) is 18.6 Å². The maximum absolute atomic E-state index is 12.1. The third kappa shape index (κ3) is 3.01. The Morgan fingerprint density at radius 2 is 2.00 bits per heavy atom. The van der Waals surface area contributed by atoms with Crippen LogP contribution in [0.4, 0.5) is 10.5 Å². The number of fused-ring (bicyclic) bond motifs is 1. The number of nitrogens with one attached hydrogen (secondary N) is 2. The molecular formula is C16H15ClN2O2. The number of aliphatic hydroxyl groups is 1. The number of carbonyl (C=O) groups is 1. The van der Waals surface area contributed by atoms with Crippen LogP contribution in [0.25, 0.3) is 0 Å². The number of carbonyl (C=O) groups excluding carboxylic acids is 1. The highest BCUT2D eigenvalue weighted by Crippen LogP contribution is 2.31. The van der Waals surface area contributed by atoms with Crippen LogP contribution < -0.4 is 10.6 Å². The van der Waals surface area contributed by atoms with Gasteiger partial charge in [0.2, 0.25) is 0 Å². The molecule has 108 valence electrons. The quantitative estimate of drug-likeness (QED) is 0.798. The van der Waals surface area contributed by atoms with E-state index in [4.69, 9.17) is 11.6 Å². The van der Waals surface area contributed by atoms with E-state index in [0.717, 1.165) is 11.1 Å². The molecule has 2 aromatic carbocycles. The van der Waals surface area contributed by atoms with Gasteiger partial charge in [0.05, 0.1) is 12.1 Å². The van der Waals surface area contributed by atoms with E-state index in [1.54, 1.807) is 24.3 Å². The minimum absolute atomic E-state index is 0.363. The summed E-state index contributed by atoms with van der Waals surface area (Å²) in [5, 5.41) is 16.2. The fourth-order valence-electron chi connectivity index (χ4n) is 2.62. The third-order valence-corrected chi connectivity index (χ3v) is 3.81. The highest BCUT2D eigenvalue weighted by molar-refractivity contribution is 6.30. The van der Waals surface area contributed by atoms with Gasteiger partial charge in [0.15, 0.2) is 0 Å². The molecule has 0 spiro atoms. The summed E-state index contributed by atoms with van der Waals surface area (Å²) < 4.78 is 0. The molecule has 3 rings (SSSR count). The molecule has 0 heterocycles. The van der Waals surface area contributed by atoms with Crippen molar-refractivity contribution in [2.75, 3.05) is 5.32 Å². The van der Waals surface area contributed by atoms with E-state index in [9.17, 15) is 9.90 Å². The Balaban J connectivity index is 1.70. The van der Waals surface area contributed by atoms with Crippen LogP contribution in [0.3, 0.4) is 0 Å².